The van der Waals surface area contributed by atoms with E-state index in [1.54, 1.807) is 0 Å². The first-order valence-corrected chi connectivity index (χ1v) is 3.47. The molecule has 0 radical (unpaired) electrons. The monoisotopic (exact) mass is 194 g/mol. The minimum Gasteiger partial charge on any atom is -1.00 e. The van der Waals surface area contributed by atoms with Crippen molar-refractivity contribution in [2.24, 2.45) is 0 Å². The minimum absolute atomic E-state index is 0. The van der Waals surface area contributed by atoms with Crippen molar-refractivity contribution in [1.29, 1.82) is 0 Å². The number of carbonyl (C=O) groups excluding carboxylic acids is 1. The van der Waals surface area contributed by atoms with Crippen molar-refractivity contribution in [2.75, 3.05) is 27.7 Å². The zero-order chi connectivity index (χ0) is 9.49. The molecule has 0 bridgehead atoms. The number of carboxylic acids is 1. The molecule has 0 saturated carbocycles. The van der Waals surface area contributed by atoms with Gasteiger partial charge in [-0.2, -0.15) is 0 Å². The second kappa shape index (κ2) is 8.56. The highest BCUT2D eigenvalue weighted by molar-refractivity contribution is 5.76. The van der Waals surface area contributed by atoms with Gasteiger partial charge in [-0.1, -0.05) is 6.58 Å². The second-order valence-electron chi connectivity index (χ2n) is 3.13. The predicted molar refractivity (Wildman–Crippen MR) is 43.8 cm³/mol. The van der Waals surface area contributed by atoms with Gasteiger partial charge in [0.05, 0.1) is 33.7 Å². The van der Waals surface area contributed by atoms with Gasteiger partial charge in [0, 0.05) is 0 Å². The summed E-state index contributed by atoms with van der Waals surface area (Å²) in [4.78, 5) is 9.14. The highest BCUT2D eigenvalue weighted by atomic mass is 35.5. The van der Waals surface area contributed by atoms with Gasteiger partial charge >= 0.3 is 0 Å². The van der Waals surface area contributed by atoms with Crippen LogP contribution in [-0.2, 0) is 4.79 Å². The predicted octanol–water partition coefficient (Wildman–Crippen LogP) is -3.36. The molecule has 0 aliphatic carbocycles. The Morgan fingerprint density at radius 3 is 1.67 bits per heavy atom. The van der Waals surface area contributed by atoms with Gasteiger partial charge < -0.3 is 26.8 Å². The Balaban J connectivity index is -0.000000126. The third-order valence-electron chi connectivity index (χ3n) is 1.12. The maximum absolute atomic E-state index is 9.14. The fraction of sp³-hybridized carbons (Fsp3) is 0.625. The molecular formula is C8H17ClNO2-. The van der Waals surface area contributed by atoms with Crippen molar-refractivity contribution >= 4 is 5.97 Å². The summed E-state index contributed by atoms with van der Waals surface area (Å²) in [6.07, 6.45) is 0.722. The van der Waals surface area contributed by atoms with Crippen LogP contribution in [0.3, 0.4) is 0 Å². The smallest absolute Gasteiger partial charge is 0.0751 e. The maximum Gasteiger partial charge on any atom is 0.0751 e. The first-order chi connectivity index (χ1) is 4.83. The standard InChI is InChI=1S/C5H14N.C3H4O2.ClH/c1-5-6(2,3)4;1-2-3(4)5;/h5H2,1-4H3;2H,1H2,(H,4,5);1H/q+1;;/p-2. The van der Waals surface area contributed by atoms with Crippen molar-refractivity contribution in [1.82, 2.24) is 0 Å². The minimum atomic E-state index is -1.23. The van der Waals surface area contributed by atoms with E-state index in [-0.39, 0.29) is 12.4 Å². The van der Waals surface area contributed by atoms with Crippen LogP contribution in [0.15, 0.2) is 12.7 Å². The van der Waals surface area contributed by atoms with E-state index >= 15 is 0 Å². The Morgan fingerprint density at radius 2 is 1.67 bits per heavy atom. The van der Waals surface area contributed by atoms with E-state index in [1.807, 2.05) is 0 Å². The molecule has 0 aromatic carbocycles. The van der Waals surface area contributed by atoms with Gasteiger partial charge in [-0.15, -0.1) is 0 Å². The largest absolute Gasteiger partial charge is 1.00 e. The number of halogens is 1. The number of carbonyl (C=O) groups is 1. The summed E-state index contributed by atoms with van der Waals surface area (Å²) in [7, 11) is 6.54. The van der Waals surface area contributed by atoms with E-state index in [0.717, 1.165) is 10.6 Å². The van der Waals surface area contributed by atoms with Crippen LogP contribution in [0.25, 0.3) is 0 Å². The Labute approximate surface area is 80.7 Å². The third-order valence-corrected chi connectivity index (χ3v) is 1.12. The molecule has 0 fully saturated rings. The van der Waals surface area contributed by atoms with Crippen molar-refractivity contribution in [3.63, 3.8) is 0 Å². The lowest BCUT2D eigenvalue weighted by Crippen LogP contribution is -3.00. The number of rotatable bonds is 2. The summed E-state index contributed by atoms with van der Waals surface area (Å²) < 4.78 is 1.07. The summed E-state index contributed by atoms with van der Waals surface area (Å²) in [5.74, 6) is -1.23. The van der Waals surface area contributed by atoms with Crippen molar-refractivity contribution in [3.8, 4) is 0 Å². The van der Waals surface area contributed by atoms with Crippen molar-refractivity contribution in [3.05, 3.63) is 12.7 Å². The van der Waals surface area contributed by atoms with Crippen molar-refractivity contribution in [2.45, 2.75) is 6.92 Å². The zero-order valence-corrected chi connectivity index (χ0v) is 8.89. The van der Waals surface area contributed by atoms with Crippen LogP contribution in [0, 0.1) is 0 Å². The number of hydrogen-bond acceptors (Lipinski definition) is 2. The van der Waals surface area contributed by atoms with E-state index < -0.39 is 5.97 Å². The summed E-state index contributed by atoms with van der Waals surface area (Å²) in [5.41, 5.74) is 0. The van der Waals surface area contributed by atoms with Gasteiger partial charge in [-0.25, -0.2) is 0 Å². The van der Waals surface area contributed by atoms with E-state index in [2.05, 4.69) is 34.6 Å². The quantitative estimate of drug-likeness (QED) is 0.340. The molecule has 0 N–H and O–H groups in total. The van der Waals surface area contributed by atoms with Crippen LogP contribution >= 0.6 is 0 Å². The molecule has 0 amide bonds. The van der Waals surface area contributed by atoms with E-state index in [9.17, 15) is 0 Å². The SMILES string of the molecule is C=CC(=O)[O-].CC[N+](C)(C)C.[Cl-]. The lowest BCUT2D eigenvalue weighted by molar-refractivity contribution is -0.868. The zero-order valence-electron chi connectivity index (χ0n) is 8.13. The van der Waals surface area contributed by atoms with Crippen LogP contribution in [0.1, 0.15) is 6.92 Å². The average Bonchev–Trinajstić information content (AvgIpc) is 1.88. The number of nitrogens with zero attached hydrogens (tertiary/aromatic N) is 1. The first kappa shape index (κ1) is 17.5. The molecule has 0 atom stereocenters. The molecule has 0 spiro atoms. The molecule has 0 aromatic heterocycles. The fourth-order valence-corrected chi connectivity index (χ4v) is 0. The second-order valence-corrected chi connectivity index (χ2v) is 3.13. The van der Waals surface area contributed by atoms with Gasteiger partial charge in [0.1, 0.15) is 0 Å². The molecular weight excluding hydrogens is 178 g/mol. The van der Waals surface area contributed by atoms with Gasteiger partial charge in [0.2, 0.25) is 0 Å². The fourth-order valence-electron chi connectivity index (χ4n) is 0. The molecule has 0 aromatic rings. The van der Waals surface area contributed by atoms with Crippen LogP contribution < -0.4 is 17.5 Å². The number of quaternary nitrogens is 1. The number of hydrogen-bond donors (Lipinski definition) is 0. The Kier molecular flexibility index (Phi) is 12.5. The maximum atomic E-state index is 9.14. The molecule has 0 aliphatic rings. The Morgan fingerprint density at radius 1 is 1.50 bits per heavy atom. The molecule has 0 heterocycles. The van der Waals surface area contributed by atoms with E-state index in [1.165, 1.54) is 6.54 Å². The number of aliphatic carboxylic acids is 1. The molecule has 4 heteroatoms. The summed E-state index contributed by atoms with van der Waals surface area (Å²) in [5, 5.41) is 9.14. The lowest BCUT2D eigenvalue weighted by atomic mass is 10.6. The van der Waals surface area contributed by atoms with Crippen LogP contribution in [-0.4, -0.2) is 38.1 Å². The number of carboxylic acid groups (broad SMARTS) is 1. The van der Waals surface area contributed by atoms with Gasteiger partial charge in [0.15, 0.2) is 0 Å². The van der Waals surface area contributed by atoms with E-state index in [4.69, 9.17) is 9.90 Å². The highest BCUT2D eigenvalue weighted by Crippen LogP contribution is 1.83. The molecule has 74 valence electrons. The van der Waals surface area contributed by atoms with Gasteiger partial charge in [0.25, 0.3) is 0 Å². The molecule has 0 unspecified atom stereocenters. The topological polar surface area (TPSA) is 40.1 Å². The molecule has 0 rings (SSSR count). The third kappa shape index (κ3) is 34.0. The summed E-state index contributed by atoms with van der Waals surface area (Å²) in [6, 6.07) is 0. The lowest BCUT2D eigenvalue weighted by Gasteiger charge is -2.20. The molecule has 0 saturated heterocycles. The summed E-state index contributed by atoms with van der Waals surface area (Å²) in [6.45, 7) is 6.29. The Bertz CT molecular complexity index is 130. The molecule has 0 aliphatic heterocycles. The molecule has 3 nitrogen and oxygen atoms in total. The van der Waals surface area contributed by atoms with Crippen LogP contribution in [0.2, 0.25) is 0 Å². The van der Waals surface area contributed by atoms with E-state index in [0.29, 0.717) is 0 Å². The van der Waals surface area contributed by atoms with Gasteiger partial charge in [-0.3, -0.25) is 0 Å². The normalized spacial score (nSPS) is 8.67. The molecule has 12 heavy (non-hydrogen) atoms. The highest BCUT2D eigenvalue weighted by Gasteiger charge is 1.97. The van der Waals surface area contributed by atoms with Gasteiger partial charge in [-0.05, 0) is 13.0 Å². The van der Waals surface area contributed by atoms with Crippen molar-refractivity contribution < 1.29 is 26.8 Å². The Hall–Kier alpha value is -0.540. The summed E-state index contributed by atoms with van der Waals surface area (Å²) >= 11 is 0. The first-order valence-electron chi connectivity index (χ1n) is 3.47. The van der Waals surface area contributed by atoms with Crippen LogP contribution in [0.5, 0.6) is 0 Å². The van der Waals surface area contributed by atoms with Crippen LogP contribution in [0.4, 0.5) is 0 Å². The average molecular weight is 195 g/mol.